The Morgan fingerprint density at radius 3 is 2.24 bits per heavy atom. The Morgan fingerprint density at radius 1 is 0.576 bits per heavy atom. The third-order valence-corrected chi connectivity index (χ3v) is 12.7. The highest BCUT2D eigenvalue weighted by atomic mass is 15.3. The van der Waals surface area contributed by atoms with Gasteiger partial charge in [0, 0.05) is 22.6 Å². The molecule has 0 radical (unpaired) electrons. The predicted molar refractivity (Wildman–Crippen MR) is 240 cm³/mol. The molecule has 5 heteroatoms. The van der Waals surface area contributed by atoms with Crippen molar-refractivity contribution >= 4 is 22.8 Å². The second kappa shape index (κ2) is 14.9. The lowest BCUT2D eigenvalue weighted by molar-refractivity contribution is 0.408. The van der Waals surface area contributed by atoms with E-state index in [4.69, 9.17) is 15.0 Å². The number of benzene rings is 6. The van der Waals surface area contributed by atoms with Crippen molar-refractivity contribution in [3.05, 3.63) is 232 Å². The van der Waals surface area contributed by atoms with Gasteiger partial charge < -0.3 is 5.32 Å². The van der Waals surface area contributed by atoms with Crippen molar-refractivity contribution < 1.29 is 0 Å². The molecular formula is C54H45N5. The van der Waals surface area contributed by atoms with Crippen LogP contribution in [0.4, 0.5) is 5.69 Å². The molecule has 7 atom stereocenters. The molecule has 6 aromatic carbocycles. The van der Waals surface area contributed by atoms with Crippen LogP contribution in [0.5, 0.6) is 0 Å². The monoisotopic (exact) mass is 763 g/mol. The van der Waals surface area contributed by atoms with Crippen LogP contribution in [0.3, 0.4) is 0 Å². The third-order valence-electron chi connectivity index (χ3n) is 12.7. The van der Waals surface area contributed by atoms with E-state index in [1.807, 2.05) is 0 Å². The van der Waals surface area contributed by atoms with Crippen molar-refractivity contribution in [2.75, 3.05) is 0 Å². The Bertz CT molecular complexity index is 2860. The lowest BCUT2D eigenvalue weighted by Crippen LogP contribution is -2.45. The summed E-state index contributed by atoms with van der Waals surface area (Å²) in [5.41, 5.74) is 12.9. The van der Waals surface area contributed by atoms with Crippen LogP contribution in [0.2, 0.25) is 0 Å². The number of nitrogens with one attached hydrogen (secondary N) is 2. The van der Waals surface area contributed by atoms with Gasteiger partial charge in [-0.3, -0.25) is 15.3 Å². The summed E-state index contributed by atoms with van der Waals surface area (Å²) in [5, 5.41) is 10.0. The van der Waals surface area contributed by atoms with Crippen LogP contribution in [-0.4, -0.2) is 11.5 Å². The molecular weight excluding hydrogens is 719 g/mol. The number of hydrogen-bond donors (Lipinski definition) is 2. The van der Waals surface area contributed by atoms with E-state index in [0.29, 0.717) is 11.8 Å². The van der Waals surface area contributed by atoms with Crippen molar-refractivity contribution in [1.82, 2.24) is 10.6 Å². The SMILES string of the molecule is CC1C=CC2C(c3cccc(C4NC(c5ccc(-c6ccccc6)cc5)=NC(c5cccc(C6N=c7ccccc7=C7C=CC=CC76)c5)N4)c3)=Nc3ccccc3C2C1. The van der Waals surface area contributed by atoms with Crippen molar-refractivity contribution in [2.24, 2.45) is 32.7 Å². The highest BCUT2D eigenvalue weighted by Gasteiger charge is 2.36. The minimum atomic E-state index is -0.305. The van der Waals surface area contributed by atoms with E-state index < -0.39 is 0 Å². The van der Waals surface area contributed by atoms with Crippen LogP contribution in [-0.2, 0) is 0 Å². The fraction of sp³-hybridized carbons (Fsp3) is 0.167. The molecule has 0 saturated carbocycles. The van der Waals surface area contributed by atoms with Gasteiger partial charge in [-0.05, 0) is 81.0 Å². The van der Waals surface area contributed by atoms with Gasteiger partial charge in [0.2, 0.25) is 0 Å². The molecule has 286 valence electrons. The lowest BCUT2D eigenvalue weighted by atomic mass is 9.70. The van der Waals surface area contributed by atoms with E-state index in [0.717, 1.165) is 51.3 Å². The number of para-hydroxylation sites is 2. The first-order valence-corrected chi connectivity index (χ1v) is 21.0. The number of allylic oxidation sites excluding steroid dienone is 5. The molecule has 6 aromatic rings. The first kappa shape index (κ1) is 35.5. The quantitative estimate of drug-likeness (QED) is 0.166. The third kappa shape index (κ3) is 6.62. The summed E-state index contributed by atoms with van der Waals surface area (Å²) in [7, 11) is 0. The van der Waals surface area contributed by atoms with Gasteiger partial charge in [-0.2, -0.15) is 0 Å². The molecule has 0 fully saturated rings. The van der Waals surface area contributed by atoms with Gasteiger partial charge in [-0.15, -0.1) is 0 Å². The number of nitrogens with zero attached hydrogens (tertiary/aromatic N) is 3. The summed E-state index contributed by atoms with van der Waals surface area (Å²) in [6, 6.07) is 54.3. The molecule has 0 bridgehead atoms. The zero-order valence-corrected chi connectivity index (χ0v) is 33.0. The van der Waals surface area contributed by atoms with Crippen molar-refractivity contribution in [1.29, 1.82) is 0 Å². The molecule has 2 N–H and O–H groups in total. The smallest absolute Gasteiger partial charge is 0.131 e. The van der Waals surface area contributed by atoms with Crippen LogP contribution >= 0.6 is 0 Å². The molecule has 0 amide bonds. The van der Waals surface area contributed by atoms with E-state index in [9.17, 15) is 0 Å². The van der Waals surface area contributed by atoms with Gasteiger partial charge in [0.15, 0.2) is 0 Å². The van der Waals surface area contributed by atoms with Gasteiger partial charge in [-0.25, -0.2) is 4.99 Å². The minimum absolute atomic E-state index is 0.0359. The average Bonchev–Trinajstić information content (AvgIpc) is 3.31. The number of fused-ring (bicyclic) bond motifs is 5. The molecule has 0 spiro atoms. The molecule has 5 aliphatic rings. The summed E-state index contributed by atoms with van der Waals surface area (Å²) in [5.74, 6) is 2.22. The molecule has 2 aliphatic carbocycles. The second-order valence-corrected chi connectivity index (χ2v) is 16.5. The first-order valence-electron chi connectivity index (χ1n) is 21.0. The fourth-order valence-corrected chi connectivity index (χ4v) is 9.77. The number of hydrogen-bond acceptors (Lipinski definition) is 5. The maximum atomic E-state index is 5.40. The van der Waals surface area contributed by atoms with E-state index in [1.165, 1.54) is 33.0 Å². The Kier molecular flexibility index (Phi) is 8.97. The zero-order chi connectivity index (χ0) is 39.3. The molecule has 3 aliphatic heterocycles. The van der Waals surface area contributed by atoms with Crippen molar-refractivity contribution in [3.63, 3.8) is 0 Å². The second-order valence-electron chi connectivity index (χ2n) is 16.5. The van der Waals surface area contributed by atoms with E-state index in [2.05, 4.69) is 206 Å². The minimum Gasteiger partial charge on any atom is -0.350 e. The zero-order valence-electron chi connectivity index (χ0n) is 33.0. The highest BCUT2D eigenvalue weighted by Crippen LogP contribution is 2.46. The van der Waals surface area contributed by atoms with Gasteiger partial charge >= 0.3 is 0 Å². The normalized spacial score (nSPS) is 25.0. The molecule has 7 unspecified atom stereocenters. The average molecular weight is 764 g/mol. The predicted octanol–water partition coefficient (Wildman–Crippen LogP) is 10.4. The van der Waals surface area contributed by atoms with Gasteiger partial charge in [0.05, 0.1) is 22.8 Å². The van der Waals surface area contributed by atoms with Crippen LogP contribution in [0, 0.1) is 17.8 Å². The fourth-order valence-electron chi connectivity index (χ4n) is 9.77. The van der Waals surface area contributed by atoms with E-state index in [-0.39, 0.29) is 30.2 Å². The van der Waals surface area contributed by atoms with Gasteiger partial charge in [0.1, 0.15) is 18.2 Å². The summed E-state index contributed by atoms with van der Waals surface area (Å²) in [6.45, 7) is 2.32. The molecule has 5 nitrogen and oxygen atoms in total. The molecule has 0 saturated heterocycles. The molecule has 59 heavy (non-hydrogen) atoms. The van der Waals surface area contributed by atoms with E-state index >= 15 is 0 Å². The molecule has 0 aromatic heterocycles. The van der Waals surface area contributed by atoms with E-state index in [1.54, 1.807) is 0 Å². The van der Waals surface area contributed by atoms with Crippen molar-refractivity contribution in [3.8, 4) is 11.1 Å². The van der Waals surface area contributed by atoms with Gasteiger partial charge in [0.25, 0.3) is 0 Å². The standard InChI is InChI=1S/C54H45N5/c1-34-25-30-46-47(31-34)44-21-8-10-24-49(44)56-51(46)39-16-12-18-41(33-39)54-58-52(37-28-26-36(27-29-37)35-13-3-2-4-14-35)57-53(59-54)40-17-11-15-38(32-40)50-45-22-6-5-19-42(45)43-20-7-9-23-48(43)55-50/h2-30,32-34,45-47,50,53-54,59H,31H2,1H3,(H,57,58). The summed E-state index contributed by atoms with van der Waals surface area (Å²) in [4.78, 5) is 16.1. The molecule has 11 rings (SSSR count). The summed E-state index contributed by atoms with van der Waals surface area (Å²) in [6.07, 6.45) is 14.2. The Labute approximate surface area is 345 Å². The summed E-state index contributed by atoms with van der Waals surface area (Å²) < 4.78 is 0. The Hall–Kier alpha value is -6.69. The Morgan fingerprint density at radius 2 is 1.32 bits per heavy atom. The van der Waals surface area contributed by atoms with Crippen molar-refractivity contribution in [2.45, 2.75) is 37.6 Å². The highest BCUT2D eigenvalue weighted by molar-refractivity contribution is 6.07. The number of amidine groups is 1. The number of rotatable bonds is 6. The van der Waals surface area contributed by atoms with Crippen LogP contribution in [0.25, 0.3) is 16.7 Å². The number of aliphatic imine (C=N–C) groups is 2. The maximum Gasteiger partial charge on any atom is 0.131 e. The topological polar surface area (TPSA) is 61.1 Å². The Balaban J connectivity index is 0.975. The largest absolute Gasteiger partial charge is 0.350 e. The first-order chi connectivity index (χ1) is 29.1. The van der Waals surface area contributed by atoms with Crippen LogP contribution in [0.15, 0.2) is 203 Å². The van der Waals surface area contributed by atoms with Crippen LogP contribution < -0.4 is 21.2 Å². The maximum absolute atomic E-state index is 5.40. The molecule has 3 heterocycles. The summed E-state index contributed by atoms with van der Waals surface area (Å²) >= 11 is 0. The van der Waals surface area contributed by atoms with Gasteiger partial charge in [-0.1, -0.05) is 177 Å². The van der Waals surface area contributed by atoms with Crippen LogP contribution in [0.1, 0.15) is 71.0 Å². The lowest BCUT2D eigenvalue weighted by Gasteiger charge is -2.36.